The molecule has 3 aromatic rings. The standard InChI is InChI=1S/C26H19F2NO4/c27-18-5-1-16(2-6-18)14-32-21-11-3-17(4-12-21)22-13-24(30)29(20-9-7-19(28)8-10-20)23-15-33-26(31)25(22)23/h1-12,22H,13-15H2. The van der Waals surface area contributed by atoms with E-state index in [2.05, 4.69) is 0 Å². The van der Waals surface area contributed by atoms with Gasteiger partial charge in [0.25, 0.3) is 0 Å². The molecule has 1 atom stereocenters. The Bertz CT molecular complexity index is 1230. The molecule has 166 valence electrons. The van der Waals surface area contributed by atoms with Crippen LogP contribution in [0, 0.1) is 11.6 Å². The maximum absolute atomic E-state index is 13.3. The van der Waals surface area contributed by atoms with Gasteiger partial charge in [-0.05, 0) is 59.7 Å². The maximum atomic E-state index is 13.3. The van der Waals surface area contributed by atoms with Crippen LogP contribution in [0.15, 0.2) is 84.1 Å². The van der Waals surface area contributed by atoms with Crippen molar-refractivity contribution in [2.75, 3.05) is 11.5 Å². The minimum absolute atomic E-state index is 0.00729. The lowest BCUT2D eigenvalue weighted by molar-refractivity contribution is -0.136. The number of rotatable bonds is 5. The summed E-state index contributed by atoms with van der Waals surface area (Å²) in [5.41, 5.74) is 3.06. The molecule has 5 rings (SSSR count). The van der Waals surface area contributed by atoms with Crippen LogP contribution in [0.4, 0.5) is 14.5 Å². The predicted octanol–water partition coefficient (Wildman–Crippen LogP) is 4.88. The van der Waals surface area contributed by atoms with E-state index in [1.54, 1.807) is 24.3 Å². The van der Waals surface area contributed by atoms with E-state index in [0.29, 0.717) is 22.7 Å². The number of hydrogen-bond donors (Lipinski definition) is 0. The Balaban J connectivity index is 1.38. The highest BCUT2D eigenvalue weighted by Crippen LogP contribution is 2.42. The third-order valence-corrected chi connectivity index (χ3v) is 5.80. The zero-order valence-corrected chi connectivity index (χ0v) is 17.5. The van der Waals surface area contributed by atoms with E-state index < -0.39 is 17.7 Å². The van der Waals surface area contributed by atoms with Crippen LogP contribution in [-0.2, 0) is 20.9 Å². The fraction of sp³-hybridized carbons (Fsp3) is 0.154. The van der Waals surface area contributed by atoms with Crippen molar-refractivity contribution < 1.29 is 27.8 Å². The molecule has 0 aliphatic carbocycles. The molecule has 1 unspecified atom stereocenters. The number of carbonyl (C=O) groups excluding carboxylic acids is 2. The van der Waals surface area contributed by atoms with Crippen molar-refractivity contribution in [3.05, 3.63) is 107 Å². The minimum Gasteiger partial charge on any atom is -0.489 e. The molecule has 0 aromatic heterocycles. The van der Waals surface area contributed by atoms with E-state index >= 15 is 0 Å². The number of esters is 1. The number of halogens is 2. The Morgan fingerprint density at radius 3 is 2.18 bits per heavy atom. The van der Waals surface area contributed by atoms with Crippen molar-refractivity contribution >= 4 is 17.6 Å². The van der Waals surface area contributed by atoms with Crippen molar-refractivity contribution in [3.8, 4) is 5.75 Å². The molecule has 0 radical (unpaired) electrons. The van der Waals surface area contributed by atoms with E-state index in [9.17, 15) is 18.4 Å². The highest BCUT2D eigenvalue weighted by atomic mass is 19.1. The number of cyclic esters (lactones) is 1. The summed E-state index contributed by atoms with van der Waals surface area (Å²) in [6, 6.07) is 18.8. The second-order valence-electron chi connectivity index (χ2n) is 7.88. The molecule has 2 aliphatic rings. The first-order valence-electron chi connectivity index (χ1n) is 10.5. The molecule has 0 N–H and O–H groups in total. The summed E-state index contributed by atoms with van der Waals surface area (Å²) >= 11 is 0. The molecule has 3 aromatic carbocycles. The Morgan fingerprint density at radius 1 is 0.879 bits per heavy atom. The lowest BCUT2D eigenvalue weighted by Gasteiger charge is -2.31. The lowest BCUT2D eigenvalue weighted by atomic mass is 9.84. The first-order chi connectivity index (χ1) is 16.0. The zero-order valence-electron chi connectivity index (χ0n) is 17.5. The summed E-state index contributed by atoms with van der Waals surface area (Å²) in [5, 5.41) is 0. The Morgan fingerprint density at radius 2 is 1.52 bits per heavy atom. The quantitative estimate of drug-likeness (QED) is 0.524. The van der Waals surface area contributed by atoms with Crippen molar-refractivity contribution in [3.63, 3.8) is 0 Å². The number of nitrogens with zero attached hydrogens (tertiary/aromatic N) is 1. The number of anilines is 1. The van der Waals surface area contributed by atoms with Gasteiger partial charge in [-0.3, -0.25) is 9.69 Å². The molecular formula is C26H19F2NO4. The summed E-state index contributed by atoms with van der Waals surface area (Å²) < 4.78 is 37.4. The minimum atomic E-state index is -0.453. The lowest BCUT2D eigenvalue weighted by Crippen LogP contribution is -2.37. The molecular weight excluding hydrogens is 428 g/mol. The zero-order chi connectivity index (χ0) is 22.9. The third-order valence-electron chi connectivity index (χ3n) is 5.80. The van der Waals surface area contributed by atoms with Gasteiger partial charge in [-0.15, -0.1) is 0 Å². The largest absolute Gasteiger partial charge is 0.489 e. The second kappa shape index (κ2) is 8.50. The molecule has 33 heavy (non-hydrogen) atoms. The van der Waals surface area contributed by atoms with E-state index in [4.69, 9.17) is 9.47 Å². The van der Waals surface area contributed by atoms with Crippen LogP contribution in [0.5, 0.6) is 5.75 Å². The summed E-state index contributed by atoms with van der Waals surface area (Å²) in [6.07, 6.45) is 0.0844. The van der Waals surface area contributed by atoms with Crippen LogP contribution in [0.1, 0.15) is 23.5 Å². The topological polar surface area (TPSA) is 55.8 Å². The van der Waals surface area contributed by atoms with E-state index in [0.717, 1.165) is 11.1 Å². The van der Waals surface area contributed by atoms with Gasteiger partial charge in [0.05, 0.1) is 11.3 Å². The van der Waals surface area contributed by atoms with Crippen molar-refractivity contribution in [1.29, 1.82) is 0 Å². The number of hydrogen-bond acceptors (Lipinski definition) is 4. The predicted molar refractivity (Wildman–Crippen MR) is 116 cm³/mol. The van der Waals surface area contributed by atoms with Crippen LogP contribution in [0.3, 0.4) is 0 Å². The molecule has 0 saturated carbocycles. The first-order valence-corrected chi connectivity index (χ1v) is 10.5. The Labute approximate surface area is 188 Å². The number of amides is 1. The number of carbonyl (C=O) groups is 2. The van der Waals surface area contributed by atoms with Gasteiger partial charge < -0.3 is 9.47 Å². The second-order valence-corrected chi connectivity index (χ2v) is 7.88. The van der Waals surface area contributed by atoms with E-state index in [-0.39, 0.29) is 31.4 Å². The van der Waals surface area contributed by atoms with Crippen molar-refractivity contribution in [2.45, 2.75) is 18.9 Å². The van der Waals surface area contributed by atoms with Crippen LogP contribution in [-0.4, -0.2) is 18.5 Å². The van der Waals surface area contributed by atoms with Gasteiger partial charge in [0.1, 0.15) is 30.6 Å². The summed E-state index contributed by atoms with van der Waals surface area (Å²) in [7, 11) is 0. The van der Waals surface area contributed by atoms with Crippen molar-refractivity contribution in [1.82, 2.24) is 0 Å². The van der Waals surface area contributed by atoms with Crippen LogP contribution in [0.2, 0.25) is 0 Å². The van der Waals surface area contributed by atoms with Gasteiger partial charge in [-0.25, -0.2) is 13.6 Å². The highest BCUT2D eigenvalue weighted by molar-refractivity contribution is 6.06. The van der Waals surface area contributed by atoms with Crippen molar-refractivity contribution in [2.24, 2.45) is 0 Å². The van der Waals surface area contributed by atoms with Gasteiger partial charge in [0, 0.05) is 18.0 Å². The van der Waals surface area contributed by atoms with Gasteiger partial charge in [-0.2, -0.15) is 0 Å². The summed E-state index contributed by atoms with van der Waals surface area (Å²) in [6.45, 7) is 0.280. The average molecular weight is 447 g/mol. The number of ether oxygens (including phenoxy) is 2. The van der Waals surface area contributed by atoms with Crippen LogP contribution in [0.25, 0.3) is 0 Å². The van der Waals surface area contributed by atoms with Gasteiger partial charge in [-0.1, -0.05) is 24.3 Å². The third kappa shape index (κ3) is 4.09. The summed E-state index contributed by atoms with van der Waals surface area (Å²) in [4.78, 5) is 27.0. The monoisotopic (exact) mass is 447 g/mol. The molecule has 7 heteroatoms. The highest BCUT2D eigenvalue weighted by Gasteiger charge is 2.42. The summed E-state index contributed by atoms with van der Waals surface area (Å²) in [5.74, 6) is -1.18. The fourth-order valence-corrected chi connectivity index (χ4v) is 4.17. The smallest absolute Gasteiger partial charge is 0.336 e. The van der Waals surface area contributed by atoms with E-state index in [1.165, 1.54) is 41.3 Å². The van der Waals surface area contributed by atoms with Gasteiger partial charge >= 0.3 is 5.97 Å². The van der Waals surface area contributed by atoms with Crippen LogP contribution < -0.4 is 9.64 Å². The van der Waals surface area contributed by atoms with Crippen LogP contribution >= 0.6 is 0 Å². The molecule has 1 amide bonds. The molecule has 0 spiro atoms. The normalized spacial score (nSPS) is 17.8. The fourth-order valence-electron chi connectivity index (χ4n) is 4.17. The maximum Gasteiger partial charge on any atom is 0.336 e. The van der Waals surface area contributed by atoms with E-state index in [1.807, 2.05) is 12.1 Å². The molecule has 0 bridgehead atoms. The molecule has 5 nitrogen and oxygen atoms in total. The molecule has 2 heterocycles. The number of benzene rings is 3. The molecule has 2 aliphatic heterocycles. The molecule has 0 saturated heterocycles. The average Bonchev–Trinajstić information content (AvgIpc) is 3.21. The van der Waals surface area contributed by atoms with Gasteiger partial charge in [0.2, 0.25) is 5.91 Å². The SMILES string of the molecule is O=C1OCC2=C1C(c1ccc(OCc3ccc(F)cc3)cc1)CC(=O)N2c1ccc(F)cc1. The Kier molecular flexibility index (Phi) is 5.38. The Hall–Kier alpha value is -4.00. The molecule has 0 fully saturated rings. The van der Waals surface area contributed by atoms with Gasteiger partial charge in [0.15, 0.2) is 0 Å². The first kappa shape index (κ1) is 20.9.